The minimum absolute atomic E-state index is 0.0992. The number of likely N-dealkylation sites (N-methyl/N-ethyl adjacent to an activating group) is 1. The Hall–Kier alpha value is -2.37. The molecule has 1 aromatic carbocycles. The van der Waals surface area contributed by atoms with Gasteiger partial charge >= 0.3 is 5.97 Å². The number of benzene rings is 1. The number of amides is 2. The number of nitrogens with one attached hydrogen (secondary N) is 1. The summed E-state index contributed by atoms with van der Waals surface area (Å²) in [4.78, 5) is 36.0. The SMILES string of the molecule is CCCC(=O)OCC(=O)N(C)CC(=O)Nc1ccc(C)cc1. The van der Waals surface area contributed by atoms with Gasteiger partial charge in [0.05, 0.1) is 6.54 Å². The van der Waals surface area contributed by atoms with Crippen molar-refractivity contribution >= 4 is 23.5 Å². The summed E-state index contributed by atoms with van der Waals surface area (Å²) in [7, 11) is 1.49. The number of anilines is 1. The molecule has 0 radical (unpaired) electrons. The molecular formula is C16H22N2O4. The second-order valence-electron chi connectivity index (χ2n) is 5.07. The quantitative estimate of drug-likeness (QED) is 0.779. The largest absolute Gasteiger partial charge is 0.456 e. The van der Waals surface area contributed by atoms with Crippen molar-refractivity contribution in [1.82, 2.24) is 4.90 Å². The fraction of sp³-hybridized carbons (Fsp3) is 0.438. The zero-order valence-electron chi connectivity index (χ0n) is 13.2. The van der Waals surface area contributed by atoms with Gasteiger partial charge < -0.3 is 15.0 Å². The highest BCUT2D eigenvalue weighted by atomic mass is 16.5. The van der Waals surface area contributed by atoms with Gasteiger partial charge in [0.1, 0.15) is 0 Å². The number of carbonyl (C=O) groups excluding carboxylic acids is 3. The topological polar surface area (TPSA) is 75.7 Å². The van der Waals surface area contributed by atoms with Crippen molar-refractivity contribution in [2.45, 2.75) is 26.7 Å². The lowest BCUT2D eigenvalue weighted by molar-refractivity contribution is -0.151. The molecular weight excluding hydrogens is 284 g/mol. The number of aryl methyl sites for hydroxylation is 1. The number of hydrogen-bond donors (Lipinski definition) is 1. The number of hydrogen-bond acceptors (Lipinski definition) is 4. The van der Waals surface area contributed by atoms with Gasteiger partial charge in [-0.1, -0.05) is 24.6 Å². The first-order chi connectivity index (χ1) is 10.4. The molecule has 0 unspecified atom stereocenters. The van der Waals surface area contributed by atoms with Crippen molar-refractivity contribution in [2.24, 2.45) is 0 Å². The van der Waals surface area contributed by atoms with Gasteiger partial charge in [-0.15, -0.1) is 0 Å². The van der Waals surface area contributed by atoms with Crippen LogP contribution < -0.4 is 5.32 Å². The molecule has 0 aliphatic heterocycles. The molecule has 0 aliphatic carbocycles. The Morgan fingerprint density at radius 3 is 2.41 bits per heavy atom. The molecule has 0 bridgehead atoms. The third-order valence-corrected chi connectivity index (χ3v) is 2.95. The van der Waals surface area contributed by atoms with Gasteiger partial charge in [0, 0.05) is 19.2 Å². The highest BCUT2D eigenvalue weighted by Gasteiger charge is 2.15. The van der Waals surface area contributed by atoms with Crippen molar-refractivity contribution in [1.29, 1.82) is 0 Å². The first-order valence-electron chi connectivity index (χ1n) is 7.18. The Bertz CT molecular complexity index is 525. The minimum Gasteiger partial charge on any atom is -0.456 e. The Labute approximate surface area is 130 Å². The number of esters is 1. The minimum atomic E-state index is -0.413. The predicted octanol–water partition coefficient (Wildman–Crippen LogP) is 1.74. The summed E-state index contributed by atoms with van der Waals surface area (Å²) in [5.41, 5.74) is 1.77. The first-order valence-corrected chi connectivity index (χ1v) is 7.18. The molecule has 1 aromatic rings. The highest BCUT2D eigenvalue weighted by Crippen LogP contribution is 2.08. The summed E-state index contributed by atoms with van der Waals surface area (Å²) in [6.07, 6.45) is 0.951. The molecule has 0 aromatic heterocycles. The Morgan fingerprint density at radius 2 is 1.82 bits per heavy atom. The number of rotatable bonds is 7. The molecule has 0 spiro atoms. The van der Waals surface area contributed by atoms with E-state index in [-0.39, 0.29) is 25.5 Å². The molecule has 0 heterocycles. The summed E-state index contributed by atoms with van der Waals surface area (Å²) in [5, 5.41) is 2.70. The van der Waals surface area contributed by atoms with Gasteiger partial charge in [0.2, 0.25) is 5.91 Å². The van der Waals surface area contributed by atoms with E-state index in [1.165, 1.54) is 11.9 Å². The fourth-order valence-corrected chi connectivity index (χ4v) is 1.67. The monoisotopic (exact) mass is 306 g/mol. The Morgan fingerprint density at radius 1 is 1.18 bits per heavy atom. The normalized spacial score (nSPS) is 9.95. The van der Waals surface area contributed by atoms with E-state index in [0.29, 0.717) is 12.1 Å². The van der Waals surface area contributed by atoms with E-state index >= 15 is 0 Å². The second kappa shape index (κ2) is 8.81. The second-order valence-corrected chi connectivity index (χ2v) is 5.07. The molecule has 6 nitrogen and oxygen atoms in total. The molecule has 2 amide bonds. The van der Waals surface area contributed by atoms with E-state index in [0.717, 1.165) is 5.56 Å². The average molecular weight is 306 g/mol. The van der Waals surface area contributed by atoms with Crippen LogP contribution in [0, 0.1) is 6.92 Å². The number of carbonyl (C=O) groups is 3. The van der Waals surface area contributed by atoms with E-state index in [2.05, 4.69) is 5.32 Å². The third-order valence-electron chi connectivity index (χ3n) is 2.95. The molecule has 0 atom stereocenters. The van der Waals surface area contributed by atoms with Crippen molar-refractivity contribution in [3.8, 4) is 0 Å². The third kappa shape index (κ3) is 6.39. The number of nitrogens with zero attached hydrogens (tertiary/aromatic N) is 1. The lowest BCUT2D eigenvalue weighted by Crippen LogP contribution is -2.37. The molecule has 1 rings (SSSR count). The maximum atomic E-state index is 11.8. The van der Waals surface area contributed by atoms with Crippen LogP contribution in [-0.2, 0) is 19.1 Å². The van der Waals surface area contributed by atoms with Crippen molar-refractivity contribution in [2.75, 3.05) is 25.5 Å². The number of ether oxygens (including phenoxy) is 1. The van der Waals surface area contributed by atoms with Crippen LogP contribution in [0.25, 0.3) is 0 Å². The molecule has 1 N–H and O–H groups in total. The van der Waals surface area contributed by atoms with Gasteiger partial charge in [-0.2, -0.15) is 0 Å². The summed E-state index contributed by atoms with van der Waals surface area (Å²) in [6, 6.07) is 7.36. The van der Waals surface area contributed by atoms with E-state index in [1.807, 2.05) is 26.0 Å². The zero-order chi connectivity index (χ0) is 16.5. The Balaban J connectivity index is 2.38. The lowest BCUT2D eigenvalue weighted by atomic mass is 10.2. The van der Waals surface area contributed by atoms with Crippen LogP contribution >= 0.6 is 0 Å². The van der Waals surface area contributed by atoms with Crippen LogP contribution in [0.3, 0.4) is 0 Å². The van der Waals surface area contributed by atoms with Crippen LogP contribution in [0.1, 0.15) is 25.3 Å². The molecule has 0 fully saturated rings. The zero-order valence-corrected chi connectivity index (χ0v) is 13.2. The summed E-state index contributed by atoms with van der Waals surface area (Å²) in [6.45, 7) is 3.37. The highest BCUT2D eigenvalue weighted by molar-refractivity contribution is 5.94. The van der Waals surface area contributed by atoms with Gasteiger partial charge in [-0.05, 0) is 25.5 Å². The van der Waals surface area contributed by atoms with Crippen molar-refractivity contribution < 1.29 is 19.1 Å². The van der Waals surface area contributed by atoms with Gasteiger partial charge in [0.25, 0.3) is 5.91 Å². The predicted molar refractivity (Wildman–Crippen MR) is 83.3 cm³/mol. The van der Waals surface area contributed by atoms with Crippen LogP contribution in [0.15, 0.2) is 24.3 Å². The van der Waals surface area contributed by atoms with Crippen molar-refractivity contribution in [3.63, 3.8) is 0 Å². The van der Waals surface area contributed by atoms with E-state index in [1.54, 1.807) is 12.1 Å². The lowest BCUT2D eigenvalue weighted by Gasteiger charge is -2.16. The maximum Gasteiger partial charge on any atom is 0.306 e. The molecule has 120 valence electrons. The maximum absolute atomic E-state index is 11.8. The van der Waals surface area contributed by atoms with E-state index < -0.39 is 11.9 Å². The van der Waals surface area contributed by atoms with E-state index in [4.69, 9.17) is 4.74 Å². The van der Waals surface area contributed by atoms with Crippen LogP contribution in [0.2, 0.25) is 0 Å². The van der Waals surface area contributed by atoms with Crippen LogP contribution in [-0.4, -0.2) is 42.9 Å². The van der Waals surface area contributed by atoms with Gasteiger partial charge in [-0.3, -0.25) is 14.4 Å². The summed E-state index contributed by atoms with van der Waals surface area (Å²) in [5.74, 6) is -1.13. The van der Waals surface area contributed by atoms with Crippen LogP contribution in [0.5, 0.6) is 0 Å². The molecule has 6 heteroatoms. The fourth-order valence-electron chi connectivity index (χ4n) is 1.67. The smallest absolute Gasteiger partial charge is 0.306 e. The molecule has 0 saturated carbocycles. The first kappa shape index (κ1) is 17.7. The van der Waals surface area contributed by atoms with E-state index in [9.17, 15) is 14.4 Å². The molecule has 0 aliphatic rings. The molecule has 22 heavy (non-hydrogen) atoms. The van der Waals surface area contributed by atoms with Crippen molar-refractivity contribution in [3.05, 3.63) is 29.8 Å². The van der Waals surface area contributed by atoms with Gasteiger partial charge in [0.15, 0.2) is 6.61 Å². The van der Waals surface area contributed by atoms with Crippen LogP contribution in [0.4, 0.5) is 5.69 Å². The Kier molecular flexibility index (Phi) is 7.08. The standard InChI is InChI=1S/C16H22N2O4/c1-4-5-16(21)22-11-15(20)18(3)10-14(19)17-13-8-6-12(2)7-9-13/h6-9H,4-5,10-11H2,1-3H3,(H,17,19). The molecule has 0 saturated heterocycles. The average Bonchev–Trinajstić information content (AvgIpc) is 2.47. The summed E-state index contributed by atoms with van der Waals surface area (Å²) < 4.78 is 4.82. The van der Waals surface area contributed by atoms with Gasteiger partial charge in [-0.25, -0.2) is 0 Å². The summed E-state index contributed by atoms with van der Waals surface area (Å²) >= 11 is 0.